The van der Waals surface area contributed by atoms with Gasteiger partial charge >= 0.3 is 0 Å². The van der Waals surface area contributed by atoms with Crippen molar-refractivity contribution in [3.8, 4) is 12.3 Å². The zero-order valence-corrected chi connectivity index (χ0v) is 5.72. The Balaban J connectivity index is 3.80. The molecule has 0 aliphatic carbocycles. The van der Waals surface area contributed by atoms with Gasteiger partial charge in [0.2, 0.25) is 0 Å². The van der Waals surface area contributed by atoms with Crippen LogP contribution in [0, 0.1) is 17.8 Å². The van der Waals surface area contributed by atoms with Gasteiger partial charge in [0.25, 0.3) is 0 Å². The fourth-order valence-electron chi connectivity index (χ4n) is 0.439. The molecule has 0 spiro atoms. The first-order valence-electron chi connectivity index (χ1n) is 2.93. The van der Waals surface area contributed by atoms with Gasteiger partial charge in [-0.1, -0.05) is 6.92 Å². The van der Waals surface area contributed by atoms with Crippen LogP contribution in [0.5, 0.6) is 0 Å². The Bertz CT molecular complexity index is 111. The lowest BCUT2D eigenvalue weighted by molar-refractivity contribution is 0.154. The van der Waals surface area contributed by atoms with E-state index in [1.165, 1.54) is 0 Å². The molecule has 0 amide bonds. The summed E-state index contributed by atoms with van der Waals surface area (Å²) in [7, 11) is 0. The summed E-state index contributed by atoms with van der Waals surface area (Å²) in [4.78, 5) is 0. The number of terminal acetylenes is 1. The van der Waals surface area contributed by atoms with Crippen molar-refractivity contribution in [1.29, 1.82) is 0 Å². The van der Waals surface area contributed by atoms with E-state index >= 15 is 0 Å². The Hall–Kier alpha value is -0.520. The third kappa shape index (κ3) is 2.50. The Kier molecular flexibility index (Phi) is 3.29. The smallest absolute Gasteiger partial charge is 0.0506 e. The molecule has 0 aliphatic rings. The van der Waals surface area contributed by atoms with Crippen molar-refractivity contribution in [3.63, 3.8) is 0 Å². The molecule has 0 saturated heterocycles. The van der Waals surface area contributed by atoms with Gasteiger partial charge in [-0.25, -0.2) is 0 Å². The topological polar surface area (TPSA) is 46.2 Å². The first-order valence-corrected chi connectivity index (χ1v) is 2.93. The molecule has 2 heteroatoms. The lowest BCUT2D eigenvalue weighted by Crippen LogP contribution is -2.30. The van der Waals surface area contributed by atoms with E-state index in [-0.39, 0.29) is 12.0 Å². The van der Waals surface area contributed by atoms with Gasteiger partial charge in [0.05, 0.1) is 6.61 Å². The minimum absolute atomic E-state index is 0.0632. The van der Waals surface area contributed by atoms with E-state index in [1.807, 2.05) is 6.92 Å². The molecule has 9 heavy (non-hydrogen) atoms. The van der Waals surface area contributed by atoms with Crippen molar-refractivity contribution in [2.75, 3.05) is 13.2 Å². The summed E-state index contributed by atoms with van der Waals surface area (Å²) in [6, 6.07) is 0. The first-order chi connectivity index (χ1) is 4.18. The molecule has 0 radical (unpaired) electrons. The second kappa shape index (κ2) is 3.49. The van der Waals surface area contributed by atoms with Crippen LogP contribution >= 0.6 is 0 Å². The SMILES string of the molecule is C#CC[C@@](C)(CN)CO. The Labute approximate surface area is 56.1 Å². The van der Waals surface area contributed by atoms with Gasteiger partial charge in [-0.05, 0) is 0 Å². The van der Waals surface area contributed by atoms with Gasteiger partial charge in [0, 0.05) is 18.4 Å². The molecule has 3 N–H and O–H groups in total. The maximum Gasteiger partial charge on any atom is 0.0506 e. The fraction of sp³-hybridized carbons (Fsp3) is 0.714. The normalized spacial score (nSPS) is 16.2. The molecule has 0 rings (SSSR count). The van der Waals surface area contributed by atoms with Crippen LogP contribution in [0.15, 0.2) is 0 Å². The van der Waals surface area contributed by atoms with Gasteiger partial charge < -0.3 is 10.8 Å². The maximum atomic E-state index is 8.74. The van der Waals surface area contributed by atoms with Gasteiger partial charge in [-0.15, -0.1) is 12.3 Å². The average molecular weight is 127 g/mol. The standard InChI is InChI=1S/C7H13NO/c1-3-4-7(2,5-8)6-9/h1,9H,4-6,8H2,2H3/t7-/m0/s1. The largest absolute Gasteiger partial charge is 0.396 e. The van der Waals surface area contributed by atoms with Crippen LogP contribution in [0.2, 0.25) is 0 Å². The number of rotatable bonds is 3. The third-order valence-corrected chi connectivity index (χ3v) is 1.40. The molecule has 0 unspecified atom stereocenters. The number of hydrogen-bond donors (Lipinski definition) is 2. The van der Waals surface area contributed by atoms with E-state index in [2.05, 4.69) is 5.92 Å². The van der Waals surface area contributed by atoms with Crippen molar-refractivity contribution < 1.29 is 5.11 Å². The third-order valence-electron chi connectivity index (χ3n) is 1.40. The molecule has 0 aromatic heterocycles. The Morgan fingerprint density at radius 3 is 2.44 bits per heavy atom. The van der Waals surface area contributed by atoms with Crippen molar-refractivity contribution in [1.82, 2.24) is 0 Å². The van der Waals surface area contributed by atoms with Gasteiger partial charge in [-0.2, -0.15) is 0 Å². The highest BCUT2D eigenvalue weighted by Gasteiger charge is 2.19. The van der Waals surface area contributed by atoms with Crippen molar-refractivity contribution in [3.05, 3.63) is 0 Å². The van der Waals surface area contributed by atoms with Crippen molar-refractivity contribution in [2.24, 2.45) is 11.1 Å². The Morgan fingerprint density at radius 2 is 2.33 bits per heavy atom. The van der Waals surface area contributed by atoms with Crippen LogP contribution in [0.25, 0.3) is 0 Å². The molecular weight excluding hydrogens is 114 g/mol. The highest BCUT2D eigenvalue weighted by atomic mass is 16.3. The van der Waals surface area contributed by atoms with Gasteiger partial charge in [0.15, 0.2) is 0 Å². The van der Waals surface area contributed by atoms with E-state index < -0.39 is 0 Å². The summed E-state index contributed by atoms with van der Waals surface area (Å²) in [5.41, 5.74) is 5.08. The van der Waals surface area contributed by atoms with E-state index in [1.54, 1.807) is 0 Å². The van der Waals surface area contributed by atoms with Crippen LogP contribution in [0.4, 0.5) is 0 Å². The summed E-state index contributed by atoms with van der Waals surface area (Å²) in [6.45, 7) is 2.37. The molecule has 0 aliphatic heterocycles. The molecule has 1 atom stereocenters. The molecule has 0 aromatic rings. The van der Waals surface area contributed by atoms with E-state index in [4.69, 9.17) is 17.3 Å². The number of aliphatic hydroxyl groups is 1. The van der Waals surface area contributed by atoms with Crippen molar-refractivity contribution >= 4 is 0 Å². The molecule has 0 fully saturated rings. The molecule has 52 valence electrons. The van der Waals surface area contributed by atoms with Crippen LogP contribution in [-0.4, -0.2) is 18.3 Å². The van der Waals surface area contributed by atoms with E-state index in [0.29, 0.717) is 13.0 Å². The molecule has 0 aromatic carbocycles. The number of hydrogen-bond acceptors (Lipinski definition) is 2. The predicted octanol–water partition coefficient (Wildman–Crippen LogP) is -0.0330. The van der Waals surface area contributed by atoms with Gasteiger partial charge in [-0.3, -0.25) is 0 Å². The average Bonchev–Trinajstić information content (AvgIpc) is 1.89. The van der Waals surface area contributed by atoms with Crippen LogP contribution < -0.4 is 5.73 Å². The number of nitrogens with two attached hydrogens (primary N) is 1. The first kappa shape index (κ1) is 8.48. The summed E-state index contributed by atoms with van der Waals surface area (Å²) >= 11 is 0. The lowest BCUT2D eigenvalue weighted by atomic mass is 9.89. The Morgan fingerprint density at radius 1 is 1.78 bits per heavy atom. The highest BCUT2D eigenvalue weighted by Crippen LogP contribution is 2.16. The van der Waals surface area contributed by atoms with Crippen LogP contribution in [0.1, 0.15) is 13.3 Å². The summed E-state index contributed by atoms with van der Waals surface area (Å²) in [6.07, 6.45) is 5.59. The van der Waals surface area contributed by atoms with Crippen molar-refractivity contribution in [2.45, 2.75) is 13.3 Å². The minimum atomic E-state index is -0.269. The maximum absolute atomic E-state index is 8.74. The molecule has 0 saturated carbocycles. The molecular formula is C7H13NO. The fourth-order valence-corrected chi connectivity index (χ4v) is 0.439. The monoisotopic (exact) mass is 127 g/mol. The zero-order chi connectivity index (χ0) is 7.33. The molecule has 2 nitrogen and oxygen atoms in total. The highest BCUT2D eigenvalue weighted by molar-refractivity contribution is 4.92. The van der Waals surface area contributed by atoms with Crippen LogP contribution in [0.3, 0.4) is 0 Å². The summed E-state index contributed by atoms with van der Waals surface area (Å²) in [5, 5.41) is 8.74. The second-order valence-corrected chi connectivity index (χ2v) is 2.55. The van der Waals surface area contributed by atoms with Crippen LogP contribution in [-0.2, 0) is 0 Å². The quantitative estimate of drug-likeness (QED) is 0.523. The minimum Gasteiger partial charge on any atom is -0.396 e. The zero-order valence-electron chi connectivity index (χ0n) is 5.72. The number of aliphatic hydroxyl groups excluding tert-OH is 1. The van der Waals surface area contributed by atoms with E-state index in [0.717, 1.165) is 0 Å². The summed E-state index contributed by atoms with van der Waals surface area (Å²) < 4.78 is 0. The summed E-state index contributed by atoms with van der Waals surface area (Å²) in [5.74, 6) is 2.47. The van der Waals surface area contributed by atoms with Gasteiger partial charge in [0.1, 0.15) is 0 Å². The lowest BCUT2D eigenvalue weighted by Gasteiger charge is -2.21. The second-order valence-electron chi connectivity index (χ2n) is 2.55. The molecule has 0 heterocycles. The molecule has 0 bridgehead atoms. The van der Waals surface area contributed by atoms with E-state index in [9.17, 15) is 0 Å². The predicted molar refractivity (Wildman–Crippen MR) is 37.7 cm³/mol.